The van der Waals surface area contributed by atoms with Crippen molar-refractivity contribution in [2.24, 2.45) is 0 Å². The molecule has 1 fully saturated rings. The zero-order valence-electron chi connectivity index (χ0n) is 21.6. The summed E-state index contributed by atoms with van der Waals surface area (Å²) in [5, 5.41) is 7.62. The molecule has 3 N–H and O–H groups in total. The number of aromatic nitrogens is 2. The van der Waals surface area contributed by atoms with E-state index in [1.807, 2.05) is 48.8 Å². The number of hydrogen-bond donors (Lipinski definition) is 3. The standard InChI is InChI=1S/C31H33ClN4O2/c1-30(36-28(37)24-12-3-5-13-25(24)32,19-22-20-34-26-14-6-4-11-23(22)26)29(38)35-21-31(16-8-2-9-17-31)27-15-7-10-18-33-27/h3-7,10-15,18,20,34H,2,8-9,16-17,19,21H2,1H3,(H,35,38)(H,36,37). The van der Waals surface area contributed by atoms with Crippen LogP contribution in [0.1, 0.15) is 60.6 Å². The van der Waals surface area contributed by atoms with Crippen LogP contribution in [0.25, 0.3) is 10.9 Å². The maximum absolute atomic E-state index is 14.0. The van der Waals surface area contributed by atoms with Gasteiger partial charge in [0.2, 0.25) is 5.91 Å². The van der Waals surface area contributed by atoms with Crippen molar-refractivity contribution in [2.75, 3.05) is 6.54 Å². The number of para-hydroxylation sites is 1. The molecule has 1 unspecified atom stereocenters. The highest BCUT2D eigenvalue weighted by atomic mass is 35.5. The lowest BCUT2D eigenvalue weighted by Gasteiger charge is -2.38. The molecule has 7 heteroatoms. The first-order valence-corrected chi connectivity index (χ1v) is 13.6. The van der Waals surface area contributed by atoms with Gasteiger partial charge in [-0.1, -0.05) is 67.3 Å². The monoisotopic (exact) mass is 528 g/mol. The molecule has 1 saturated carbocycles. The Morgan fingerprint density at radius 3 is 2.50 bits per heavy atom. The number of carbonyl (C=O) groups excluding carboxylic acids is 2. The van der Waals surface area contributed by atoms with Crippen LogP contribution in [-0.2, 0) is 16.6 Å². The molecule has 4 aromatic rings. The maximum atomic E-state index is 14.0. The van der Waals surface area contributed by atoms with Crippen LogP contribution < -0.4 is 10.6 Å². The first-order valence-electron chi connectivity index (χ1n) is 13.2. The number of carbonyl (C=O) groups is 2. The van der Waals surface area contributed by atoms with Crippen molar-refractivity contribution in [1.29, 1.82) is 0 Å². The Balaban J connectivity index is 1.44. The lowest BCUT2D eigenvalue weighted by molar-refractivity contribution is -0.127. The molecule has 0 bridgehead atoms. The molecule has 0 saturated heterocycles. The van der Waals surface area contributed by atoms with Gasteiger partial charge in [-0.3, -0.25) is 14.6 Å². The zero-order valence-corrected chi connectivity index (χ0v) is 22.4. The van der Waals surface area contributed by atoms with Crippen LogP contribution in [0, 0.1) is 0 Å². The molecule has 1 aliphatic rings. The number of aromatic amines is 1. The van der Waals surface area contributed by atoms with Crippen molar-refractivity contribution in [2.45, 2.75) is 56.4 Å². The highest BCUT2D eigenvalue weighted by Crippen LogP contribution is 2.38. The summed E-state index contributed by atoms with van der Waals surface area (Å²) in [6, 6.07) is 20.8. The molecule has 1 atom stereocenters. The van der Waals surface area contributed by atoms with Gasteiger partial charge in [0, 0.05) is 47.4 Å². The molecule has 2 amide bonds. The molecular weight excluding hydrogens is 496 g/mol. The SMILES string of the molecule is CC(Cc1c[nH]c2ccccc12)(NC(=O)c1ccccc1Cl)C(=O)NCC1(c2ccccn2)CCCCC1. The summed E-state index contributed by atoms with van der Waals surface area (Å²) in [7, 11) is 0. The second-order valence-electron chi connectivity index (χ2n) is 10.5. The maximum Gasteiger partial charge on any atom is 0.253 e. The van der Waals surface area contributed by atoms with Gasteiger partial charge in [-0.15, -0.1) is 0 Å². The predicted molar refractivity (Wildman–Crippen MR) is 151 cm³/mol. The first kappa shape index (κ1) is 26.0. The minimum absolute atomic E-state index is 0.219. The summed E-state index contributed by atoms with van der Waals surface area (Å²) in [4.78, 5) is 35.3. The van der Waals surface area contributed by atoms with E-state index in [-0.39, 0.29) is 17.2 Å². The normalized spacial score (nSPS) is 16.5. The second kappa shape index (κ2) is 11.0. The van der Waals surface area contributed by atoms with Crippen LogP contribution in [0.4, 0.5) is 0 Å². The lowest BCUT2D eigenvalue weighted by Crippen LogP contribution is -2.59. The van der Waals surface area contributed by atoms with Gasteiger partial charge in [0.25, 0.3) is 5.91 Å². The quantitative estimate of drug-likeness (QED) is 0.263. The summed E-state index contributed by atoms with van der Waals surface area (Å²) in [5.41, 5.74) is 1.85. The number of nitrogens with one attached hydrogen (secondary N) is 3. The van der Waals surface area contributed by atoms with Crippen LogP contribution >= 0.6 is 11.6 Å². The van der Waals surface area contributed by atoms with Crippen LogP contribution in [0.3, 0.4) is 0 Å². The third kappa shape index (κ3) is 5.32. The summed E-state index contributed by atoms with van der Waals surface area (Å²) in [6.07, 6.45) is 9.37. The number of hydrogen-bond acceptors (Lipinski definition) is 3. The van der Waals surface area contributed by atoms with Crippen molar-refractivity contribution in [3.63, 3.8) is 0 Å². The number of nitrogens with zero attached hydrogens (tertiary/aromatic N) is 1. The van der Waals surface area contributed by atoms with Crippen LogP contribution in [0.2, 0.25) is 5.02 Å². The average molecular weight is 529 g/mol. The molecule has 5 rings (SSSR count). The van der Waals surface area contributed by atoms with Gasteiger partial charge in [0.1, 0.15) is 5.54 Å². The van der Waals surface area contributed by atoms with Gasteiger partial charge >= 0.3 is 0 Å². The van der Waals surface area contributed by atoms with Crippen LogP contribution in [0.5, 0.6) is 0 Å². The highest BCUT2D eigenvalue weighted by molar-refractivity contribution is 6.33. The van der Waals surface area contributed by atoms with Crippen molar-refractivity contribution in [3.8, 4) is 0 Å². The molecule has 0 radical (unpaired) electrons. The van der Waals surface area contributed by atoms with E-state index in [4.69, 9.17) is 11.6 Å². The Morgan fingerprint density at radius 2 is 1.74 bits per heavy atom. The summed E-state index contributed by atoms with van der Waals surface area (Å²) in [5.74, 6) is -0.616. The Hall–Kier alpha value is -3.64. The molecular formula is C31H33ClN4O2. The molecule has 0 aliphatic heterocycles. The number of pyridine rings is 1. The molecule has 6 nitrogen and oxygen atoms in total. The van der Waals surface area contributed by atoms with Crippen molar-refractivity contribution in [1.82, 2.24) is 20.6 Å². The minimum Gasteiger partial charge on any atom is -0.361 e. The molecule has 2 aromatic carbocycles. The molecule has 1 aliphatic carbocycles. The van der Waals surface area contributed by atoms with E-state index in [1.54, 1.807) is 31.2 Å². The zero-order chi connectivity index (χ0) is 26.6. The van der Waals surface area contributed by atoms with Gasteiger partial charge in [0.15, 0.2) is 0 Å². The van der Waals surface area contributed by atoms with Crippen LogP contribution in [0.15, 0.2) is 79.1 Å². The number of benzene rings is 2. The van der Waals surface area contributed by atoms with E-state index in [0.717, 1.165) is 47.8 Å². The summed E-state index contributed by atoms with van der Waals surface area (Å²) < 4.78 is 0. The van der Waals surface area contributed by atoms with Crippen molar-refractivity contribution < 1.29 is 9.59 Å². The van der Waals surface area contributed by atoms with Gasteiger partial charge in [-0.2, -0.15) is 0 Å². The molecule has 2 heterocycles. The number of fused-ring (bicyclic) bond motifs is 1. The average Bonchev–Trinajstić information content (AvgIpc) is 3.35. The van der Waals surface area contributed by atoms with E-state index in [0.29, 0.717) is 23.6 Å². The van der Waals surface area contributed by atoms with E-state index in [9.17, 15) is 9.59 Å². The molecule has 2 aromatic heterocycles. The fourth-order valence-electron chi connectivity index (χ4n) is 5.68. The fraction of sp³-hybridized carbons (Fsp3) is 0.323. The minimum atomic E-state index is -1.22. The second-order valence-corrected chi connectivity index (χ2v) is 10.9. The van der Waals surface area contributed by atoms with E-state index < -0.39 is 5.54 Å². The Bertz CT molecular complexity index is 1430. The van der Waals surface area contributed by atoms with Crippen LogP contribution in [-0.4, -0.2) is 33.9 Å². The number of amides is 2. The lowest BCUT2D eigenvalue weighted by atomic mass is 9.71. The van der Waals surface area contributed by atoms with Gasteiger partial charge in [-0.25, -0.2) is 0 Å². The molecule has 0 spiro atoms. The third-order valence-corrected chi connectivity index (χ3v) is 8.16. The number of rotatable bonds is 8. The Morgan fingerprint density at radius 1 is 1.00 bits per heavy atom. The fourth-order valence-corrected chi connectivity index (χ4v) is 5.90. The van der Waals surface area contributed by atoms with Gasteiger partial charge in [-0.05, 0) is 55.7 Å². The first-order chi connectivity index (χ1) is 18.4. The summed E-state index contributed by atoms with van der Waals surface area (Å²) in [6.45, 7) is 2.25. The molecule has 38 heavy (non-hydrogen) atoms. The smallest absolute Gasteiger partial charge is 0.253 e. The highest BCUT2D eigenvalue weighted by Gasteiger charge is 2.40. The third-order valence-electron chi connectivity index (χ3n) is 7.83. The number of H-pyrrole nitrogens is 1. The number of halogens is 1. The van der Waals surface area contributed by atoms with E-state index >= 15 is 0 Å². The Labute approximate surface area is 228 Å². The Kier molecular flexibility index (Phi) is 7.52. The summed E-state index contributed by atoms with van der Waals surface area (Å²) >= 11 is 6.32. The van der Waals surface area contributed by atoms with E-state index in [2.05, 4.69) is 26.7 Å². The van der Waals surface area contributed by atoms with Gasteiger partial charge in [0.05, 0.1) is 10.6 Å². The predicted octanol–water partition coefficient (Wildman–Crippen LogP) is 5.97. The molecule has 196 valence electrons. The van der Waals surface area contributed by atoms with Crippen molar-refractivity contribution in [3.05, 3.63) is 101 Å². The largest absolute Gasteiger partial charge is 0.361 e. The van der Waals surface area contributed by atoms with Gasteiger partial charge < -0.3 is 15.6 Å². The van der Waals surface area contributed by atoms with E-state index in [1.165, 1.54) is 6.42 Å². The topological polar surface area (TPSA) is 86.9 Å². The van der Waals surface area contributed by atoms with Crippen molar-refractivity contribution >= 4 is 34.3 Å².